The van der Waals surface area contributed by atoms with Crippen LogP contribution in [-0.4, -0.2) is 38.9 Å². The van der Waals surface area contributed by atoms with Gasteiger partial charge < -0.3 is 18.9 Å². The molecule has 0 aromatic heterocycles. The van der Waals surface area contributed by atoms with E-state index in [4.69, 9.17) is 18.9 Å². The molecule has 176 valence electrons. The van der Waals surface area contributed by atoms with Gasteiger partial charge in [0.1, 0.15) is 11.5 Å². The molecular weight excluding hydrogens is 436 g/mol. The molecule has 3 aromatic rings. The van der Waals surface area contributed by atoms with Gasteiger partial charge in [0.25, 0.3) is 5.91 Å². The molecule has 0 fully saturated rings. The van der Waals surface area contributed by atoms with Crippen LogP contribution in [0.3, 0.4) is 0 Å². The smallest absolute Gasteiger partial charge is 0.343 e. The third kappa shape index (κ3) is 6.59. The molecule has 3 aromatic carbocycles. The van der Waals surface area contributed by atoms with E-state index in [9.17, 15) is 9.59 Å². The molecule has 0 saturated heterocycles. The molecule has 8 nitrogen and oxygen atoms in total. The van der Waals surface area contributed by atoms with Crippen molar-refractivity contribution in [1.82, 2.24) is 5.43 Å². The highest BCUT2D eigenvalue weighted by molar-refractivity contribution is 5.92. The van der Waals surface area contributed by atoms with E-state index >= 15 is 0 Å². The molecule has 0 aliphatic carbocycles. The molecule has 34 heavy (non-hydrogen) atoms. The Hall–Kier alpha value is -4.33. The Morgan fingerprint density at radius 2 is 1.65 bits per heavy atom. The first-order valence-electron chi connectivity index (χ1n) is 10.5. The van der Waals surface area contributed by atoms with Crippen molar-refractivity contribution in [2.75, 3.05) is 20.8 Å². The van der Waals surface area contributed by atoms with E-state index in [1.165, 1.54) is 13.3 Å². The van der Waals surface area contributed by atoms with Crippen LogP contribution in [0.5, 0.6) is 23.0 Å². The van der Waals surface area contributed by atoms with E-state index in [0.717, 1.165) is 11.1 Å². The molecule has 0 heterocycles. The van der Waals surface area contributed by atoms with Crippen molar-refractivity contribution in [2.24, 2.45) is 5.10 Å². The normalized spacial score (nSPS) is 10.6. The Morgan fingerprint density at radius 1 is 0.882 bits per heavy atom. The zero-order chi connectivity index (χ0) is 24.5. The number of hydrogen-bond donors (Lipinski definition) is 1. The molecule has 0 unspecified atom stereocenters. The number of hydrogen-bond acceptors (Lipinski definition) is 7. The van der Waals surface area contributed by atoms with Gasteiger partial charge >= 0.3 is 5.97 Å². The summed E-state index contributed by atoms with van der Waals surface area (Å²) in [6, 6.07) is 17.3. The second kappa shape index (κ2) is 11.5. The fourth-order valence-corrected chi connectivity index (χ4v) is 2.95. The van der Waals surface area contributed by atoms with Crippen molar-refractivity contribution in [1.29, 1.82) is 0 Å². The summed E-state index contributed by atoms with van der Waals surface area (Å²) >= 11 is 0. The van der Waals surface area contributed by atoms with Crippen LogP contribution in [0.25, 0.3) is 0 Å². The molecule has 1 amide bonds. The first-order valence-corrected chi connectivity index (χ1v) is 10.5. The molecule has 0 aliphatic rings. The summed E-state index contributed by atoms with van der Waals surface area (Å²) in [6.07, 6.45) is 1.45. The summed E-state index contributed by atoms with van der Waals surface area (Å²) in [4.78, 5) is 24.4. The zero-order valence-corrected chi connectivity index (χ0v) is 19.5. The summed E-state index contributed by atoms with van der Waals surface area (Å²) in [5, 5.41) is 3.94. The summed E-state index contributed by atoms with van der Waals surface area (Å²) in [6.45, 7) is 3.71. The maximum absolute atomic E-state index is 12.4. The highest BCUT2D eigenvalue weighted by Crippen LogP contribution is 2.28. The molecule has 1 N–H and O–H groups in total. The second-order valence-electron chi connectivity index (χ2n) is 7.38. The van der Waals surface area contributed by atoms with Crippen molar-refractivity contribution in [3.05, 3.63) is 82.9 Å². The van der Waals surface area contributed by atoms with E-state index in [0.29, 0.717) is 28.4 Å². The molecule has 3 rings (SSSR count). The SMILES string of the molecule is COc1ccc(C(=O)Oc2ccc(C=NNC(=O)COc3cc(C)ccc3C)cc2OC)cc1. The zero-order valence-electron chi connectivity index (χ0n) is 19.5. The van der Waals surface area contributed by atoms with Crippen molar-refractivity contribution < 1.29 is 28.5 Å². The van der Waals surface area contributed by atoms with Gasteiger partial charge in [-0.1, -0.05) is 12.1 Å². The lowest BCUT2D eigenvalue weighted by molar-refractivity contribution is -0.123. The van der Waals surface area contributed by atoms with Crippen LogP contribution in [0.1, 0.15) is 27.0 Å². The molecule has 0 saturated carbocycles. The minimum absolute atomic E-state index is 0.162. The Kier molecular flexibility index (Phi) is 8.23. The molecule has 8 heteroatoms. The highest BCUT2D eigenvalue weighted by atomic mass is 16.6. The third-order valence-corrected chi connectivity index (χ3v) is 4.82. The van der Waals surface area contributed by atoms with Crippen LogP contribution in [0.15, 0.2) is 65.8 Å². The fourth-order valence-electron chi connectivity index (χ4n) is 2.95. The van der Waals surface area contributed by atoms with Gasteiger partial charge in [-0.05, 0) is 79.1 Å². The van der Waals surface area contributed by atoms with Crippen molar-refractivity contribution in [3.63, 3.8) is 0 Å². The molecule has 0 spiro atoms. The summed E-state index contributed by atoms with van der Waals surface area (Å²) in [5.74, 6) is 0.972. The lowest BCUT2D eigenvalue weighted by atomic mass is 10.1. The number of carbonyl (C=O) groups excluding carboxylic acids is 2. The third-order valence-electron chi connectivity index (χ3n) is 4.82. The number of nitrogens with one attached hydrogen (secondary N) is 1. The van der Waals surface area contributed by atoms with Crippen molar-refractivity contribution in [2.45, 2.75) is 13.8 Å². The van der Waals surface area contributed by atoms with Gasteiger partial charge in [0.2, 0.25) is 0 Å². The van der Waals surface area contributed by atoms with Gasteiger partial charge in [-0.15, -0.1) is 0 Å². The number of ether oxygens (including phenoxy) is 4. The largest absolute Gasteiger partial charge is 0.497 e. The molecule has 0 aliphatic heterocycles. The van der Waals surface area contributed by atoms with E-state index < -0.39 is 11.9 Å². The van der Waals surface area contributed by atoms with Crippen LogP contribution >= 0.6 is 0 Å². The van der Waals surface area contributed by atoms with E-state index in [1.807, 2.05) is 32.0 Å². The lowest BCUT2D eigenvalue weighted by Crippen LogP contribution is -2.24. The van der Waals surface area contributed by atoms with Gasteiger partial charge in [-0.3, -0.25) is 4.79 Å². The van der Waals surface area contributed by atoms with Crippen molar-refractivity contribution >= 4 is 18.1 Å². The second-order valence-corrected chi connectivity index (χ2v) is 7.38. The molecule has 0 bridgehead atoms. The average Bonchev–Trinajstić information content (AvgIpc) is 2.85. The number of amides is 1. The van der Waals surface area contributed by atoms with Gasteiger partial charge in [-0.2, -0.15) is 5.10 Å². The first-order chi connectivity index (χ1) is 16.4. The predicted molar refractivity (Wildman–Crippen MR) is 128 cm³/mol. The summed E-state index contributed by atoms with van der Waals surface area (Å²) in [5.41, 5.74) is 5.42. The minimum Gasteiger partial charge on any atom is -0.497 e. The number of hydrazone groups is 1. The van der Waals surface area contributed by atoms with Gasteiger partial charge in [-0.25, -0.2) is 10.2 Å². The molecule has 0 radical (unpaired) electrons. The molecular formula is C26H26N2O6. The van der Waals surface area contributed by atoms with Crippen LogP contribution in [0.4, 0.5) is 0 Å². The van der Waals surface area contributed by atoms with Crippen LogP contribution in [0.2, 0.25) is 0 Å². The quantitative estimate of drug-likeness (QED) is 0.223. The average molecular weight is 463 g/mol. The number of nitrogens with zero attached hydrogens (tertiary/aromatic N) is 1. The number of esters is 1. The Morgan fingerprint density at radius 3 is 2.35 bits per heavy atom. The Balaban J connectivity index is 1.57. The highest BCUT2D eigenvalue weighted by Gasteiger charge is 2.13. The number of rotatable bonds is 9. The summed E-state index contributed by atoms with van der Waals surface area (Å²) in [7, 11) is 3.02. The Labute approximate surface area is 198 Å². The van der Waals surface area contributed by atoms with Gasteiger partial charge in [0.05, 0.1) is 26.0 Å². The fraction of sp³-hybridized carbons (Fsp3) is 0.192. The van der Waals surface area contributed by atoms with E-state index in [-0.39, 0.29) is 12.4 Å². The predicted octanol–water partition coefficient (Wildman–Crippen LogP) is 4.07. The summed E-state index contributed by atoms with van der Waals surface area (Å²) < 4.78 is 21.4. The van der Waals surface area contributed by atoms with E-state index in [1.54, 1.807) is 49.6 Å². The maximum Gasteiger partial charge on any atom is 0.343 e. The van der Waals surface area contributed by atoms with E-state index in [2.05, 4.69) is 10.5 Å². The van der Waals surface area contributed by atoms with Crippen LogP contribution in [0, 0.1) is 13.8 Å². The molecule has 0 atom stereocenters. The number of benzene rings is 3. The standard InChI is InChI=1S/C26H26N2O6/c1-17-5-6-18(2)23(13-17)33-16-25(29)28-27-15-19-7-12-22(24(14-19)32-4)34-26(30)20-8-10-21(31-3)11-9-20/h5-15H,16H2,1-4H3,(H,28,29). The number of carbonyl (C=O) groups is 2. The lowest BCUT2D eigenvalue weighted by Gasteiger charge is -2.10. The maximum atomic E-state index is 12.4. The monoisotopic (exact) mass is 462 g/mol. The first kappa shape index (κ1) is 24.3. The topological polar surface area (TPSA) is 95.5 Å². The number of aryl methyl sites for hydroxylation is 2. The van der Waals surface area contributed by atoms with Crippen LogP contribution in [-0.2, 0) is 4.79 Å². The van der Waals surface area contributed by atoms with Crippen molar-refractivity contribution in [3.8, 4) is 23.0 Å². The van der Waals surface area contributed by atoms with Gasteiger partial charge in [0, 0.05) is 0 Å². The van der Waals surface area contributed by atoms with Gasteiger partial charge in [0.15, 0.2) is 18.1 Å². The Bertz CT molecular complexity index is 1190. The number of methoxy groups -OCH3 is 2. The minimum atomic E-state index is -0.529. The van der Waals surface area contributed by atoms with Crippen LogP contribution < -0.4 is 24.4 Å².